The molecule has 1 aliphatic rings. The molecule has 2 N–H and O–H groups in total. The Morgan fingerprint density at radius 1 is 1.03 bits per heavy atom. The molecular weight excluding hydrogens is 434 g/mol. The number of carboxylic acid groups (broad SMARTS) is 1. The number of anilines is 2. The molecular formula is C26H23N3O5. The lowest BCUT2D eigenvalue weighted by Gasteiger charge is -2.16. The van der Waals surface area contributed by atoms with Crippen molar-refractivity contribution in [1.29, 1.82) is 0 Å². The molecule has 0 unspecified atom stereocenters. The van der Waals surface area contributed by atoms with Crippen molar-refractivity contribution in [3.63, 3.8) is 0 Å². The highest BCUT2D eigenvalue weighted by atomic mass is 16.5. The van der Waals surface area contributed by atoms with Crippen LogP contribution in [0, 0.1) is 0 Å². The summed E-state index contributed by atoms with van der Waals surface area (Å²) in [7, 11) is 3.79. The molecule has 0 aromatic heterocycles. The molecule has 8 nitrogen and oxygen atoms in total. The average molecular weight is 457 g/mol. The number of aromatic carboxylic acids is 1. The SMILES string of the molecule is CN(C)c1ccc(C=C2C(=O)NN(c3ccccc3)C2=O)c(OCc2ccc(C(=O)O)cc2)c1. The summed E-state index contributed by atoms with van der Waals surface area (Å²) < 4.78 is 6.03. The fourth-order valence-corrected chi connectivity index (χ4v) is 3.42. The van der Waals surface area contributed by atoms with Crippen molar-refractivity contribution in [2.75, 3.05) is 24.0 Å². The number of hydrogen-bond donors (Lipinski definition) is 2. The summed E-state index contributed by atoms with van der Waals surface area (Å²) in [5.74, 6) is -1.47. The average Bonchev–Trinajstić information content (AvgIpc) is 3.12. The lowest BCUT2D eigenvalue weighted by Crippen LogP contribution is -2.35. The molecule has 8 heteroatoms. The quantitative estimate of drug-likeness (QED) is 0.416. The minimum atomic E-state index is -0.996. The van der Waals surface area contributed by atoms with Gasteiger partial charge in [-0.25, -0.2) is 9.80 Å². The maximum atomic E-state index is 13.0. The molecule has 3 aromatic carbocycles. The molecule has 1 aliphatic heterocycles. The summed E-state index contributed by atoms with van der Waals surface area (Å²) in [4.78, 5) is 38.5. The lowest BCUT2D eigenvalue weighted by molar-refractivity contribution is -0.117. The predicted octanol–water partition coefficient (Wildman–Crippen LogP) is 3.49. The van der Waals surface area contributed by atoms with Crippen molar-refractivity contribution in [3.8, 4) is 5.75 Å². The van der Waals surface area contributed by atoms with Crippen molar-refractivity contribution in [2.24, 2.45) is 0 Å². The van der Waals surface area contributed by atoms with Gasteiger partial charge in [-0.1, -0.05) is 30.3 Å². The standard InChI is InChI=1S/C26H23N3O5/c1-28(2)21-13-12-19(23(15-21)34-16-17-8-10-18(11-9-17)26(32)33)14-22-24(30)27-29(25(22)31)20-6-4-3-5-7-20/h3-15H,16H2,1-2H3,(H,27,30)(H,32,33). The number of hydrogen-bond acceptors (Lipinski definition) is 5. The van der Waals surface area contributed by atoms with E-state index in [1.807, 2.05) is 37.2 Å². The van der Waals surface area contributed by atoms with Gasteiger partial charge in [-0.2, -0.15) is 0 Å². The number of nitrogens with zero attached hydrogens (tertiary/aromatic N) is 2. The van der Waals surface area contributed by atoms with Gasteiger partial charge in [-0.05, 0) is 48.0 Å². The van der Waals surface area contributed by atoms with E-state index in [0.29, 0.717) is 17.0 Å². The molecule has 34 heavy (non-hydrogen) atoms. The van der Waals surface area contributed by atoms with Gasteiger partial charge in [0.15, 0.2) is 0 Å². The second-order valence-electron chi connectivity index (χ2n) is 7.88. The van der Waals surface area contributed by atoms with E-state index < -0.39 is 17.8 Å². The van der Waals surface area contributed by atoms with Gasteiger partial charge in [-0.15, -0.1) is 0 Å². The summed E-state index contributed by atoms with van der Waals surface area (Å²) >= 11 is 0. The number of benzene rings is 3. The number of amides is 2. The third-order valence-corrected chi connectivity index (χ3v) is 5.31. The molecule has 0 bridgehead atoms. The highest BCUT2D eigenvalue weighted by Crippen LogP contribution is 2.29. The van der Waals surface area contributed by atoms with Crippen LogP contribution in [-0.4, -0.2) is 37.0 Å². The molecule has 0 atom stereocenters. The van der Waals surface area contributed by atoms with Gasteiger partial charge in [0.1, 0.15) is 17.9 Å². The first kappa shape index (κ1) is 22.6. The molecule has 172 valence electrons. The van der Waals surface area contributed by atoms with E-state index in [1.54, 1.807) is 42.5 Å². The van der Waals surface area contributed by atoms with Crippen LogP contribution in [0.3, 0.4) is 0 Å². The van der Waals surface area contributed by atoms with E-state index in [9.17, 15) is 14.4 Å². The van der Waals surface area contributed by atoms with Crippen molar-refractivity contribution in [2.45, 2.75) is 6.61 Å². The zero-order chi connectivity index (χ0) is 24.2. The third kappa shape index (κ3) is 4.75. The van der Waals surface area contributed by atoms with Gasteiger partial charge in [0, 0.05) is 31.4 Å². The predicted molar refractivity (Wildman–Crippen MR) is 129 cm³/mol. The summed E-state index contributed by atoms with van der Waals surface area (Å²) in [6.07, 6.45) is 1.52. The summed E-state index contributed by atoms with van der Waals surface area (Å²) in [6.45, 7) is 0.184. The Hall–Kier alpha value is -4.59. The fourth-order valence-electron chi connectivity index (χ4n) is 3.42. The number of nitrogens with one attached hydrogen (secondary N) is 1. The van der Waals surface area contributed by atoms with Crippen LogP contribution in [0.4, 0.5) is 11.4 Å². The number of rotatable bonds is 7. The second-order valence-corrected chi connectivity index (χ2v) is 7.88. The Kier molecular flexibility index (Phi) is 6.31. The third-order valence-electron chi connectivity index (χ3n) is 5.31. The van der Waals surface area contributed by atoms with E-state index >= 15 is 0 Å². The fraction of sp³-hybridized carbons (Fsp3) is 0.115. The number of ether oxygens (including phenoxy) is 1. The Labute approximate surface area is 196 Å². The number of carbonyl (C=O) groups excluding carboxylic acids is 2. The molecule has 1 saturated heterocycles. The minimum absolute atomic E-state index is 0.00267. The van der Waals surface area contributed by atoms with Crippen molar-refractivity contribution in [3.05, 3.63) is 95.1 Å². The van der Waals surface area contributed by atoms with Crippen LogP contribution < -0.4 is 20.1 Å². The normalized spacial score (nSPS) is 14.3. The van der Waals surface area contributed by atoms with Gasteiger partial charge >= 0.3 is 5.97 Å². The van der Waals surface area contributed by atoms with Gasteiger partial charge in [0.05, 0.1) is 11.3 Å². The van der Waals surface area contributed by atoms with Crippen LogP contribution in [0.5, 0.6) is 5.75 Å². The van der Waals surface area contributed by atoms with Crippen LogP contribution in [0.2, 0.25) is 0 Å². The van der Waals surface area contributed by atoms with Crippen LogP contribution in [0.15, 0.2) is 78.4 Å². The molecule has 1 heterocycles. The van der Waals surface area contributed by atoms with Crippen molar-refractivity contribution >= 4 is 35.2 Å². The van der Waals surface area contributed by atoms with E-state index in [-0.39, 0.29) is 17.7 Å². The van der Waals surface area contributed by atoms with E-state index in [4.69, 9.17) is 9.84 Å². The molecule has 3 aromatic rings. The molecule has 4 rings (SSSR count). The highest BCUT2D eigenvalue weighted by molar-refractivity contribution is 6.31. The number of para-hydroxylation sites is 1. The summed E-state index contributed by atoms with van der Waals surface area (Å²) in [6, 6.07) is 20.7. The molecule has 1 fully saturated rings. The lowest BCUT2D eigenvalue weighted by atomic mass is 10.1. The summed E-state index contributed by atoms with van der Waals surface area (Å²) in [5, 5.41) is 10.3. The molecule has 0 aliphatic carbocycles. The van der Waals surface area contributed by atoms with Crippen LogP contribution in [0.1, 0.15) is 21.5 Å². The maximum Gasteiger partial charge on any atom is 0.335 e. The van der Waals surface area contributed by atoms with Gasteiger partial charge in [0.2, 0.25) is 0 Å². The Bertz CT molecular complexity index is 1270. The first-order valence-electron chi connectivity index (χ1n) is 10.5. The van der Waals surface area contributed by atoms with Crippen LogP contribution in [0.25, 0.3) is 6.08 Å². The molecule has 0 spiro atoms. The monoisotopic (exact) mass is 457 g/mol. The van der Waals surface area contributed by atoms with Gasteiger partial charge < -0.3 is 14.7 Å². The topological polar surface area (TPSA) is 99.2 Å². The Morgan fingerprint density at radius 2 is 1.74 bits per heavy atom. The van der Waals surface area contributed by atoms with Crippen molar-refractivity contribution in [1.82, 2.24) is 5.43 Å². The van der Waals surface area contributed by atoms with E-state index in [0.717, 1.165) is 11.3 Å². The molecule has 0 saturated carbocycles. The number of carboxylic acids is 1. The zero-order valence-electron chi connectivity index (χ0n) is 18.7. The maximum absolute atomic E-state index is 13.0. The zero-order valence-corrected chi connectivity index (χ0v) is 18.7. The summed E-state index contributed by atoms with van der Waals surface area (Å²) in [5.41, 5.74) is 5.58. The molecule has 0 radical (unpaired) electrons. The largest absolute Gasteiger partial charge is 0.488 e. The Morgan fingerprint density at radius 3 is 2.38 bits per heavy atom. The Balaban J connectivity index is 1.62. The van der Waals surface area contributed by atoms with Crippen LogP contribution >= 0.6 is 0 Å². The minimum Gasteiger partial charge on any atom is -0.488 e. The van der Waals surface area contributed by atoms with E-state index in [2.05, 4.69) is 5.43 Å². The van der Waals surface area contributed by atoms with Crippen molar-refractivity contribution < 1.29 is 24.2 Å². The smallest absolute Gasteiger partial charge is 0.335 e. The van der Waals surface area contributed by atoms with Gasteiger partial charge in [0.25, 0.3) is 11.8 Å². The van der Waals surface area contributed by atoms with Gasteiger partial charge in [-0.3, -0.25) is 15.0 Å². The second kappa shape index (κ2) is 9.50. The first-order chi connectivity index (χ1) is 16.3. The first-order valence-corrected chi connectivity index (χ1v) is 10.5. The van der Waals surface area contributed by atoms with E-state index in [1.165, 1.54) is 23.2 Å². The number of carbonyl (C=O) groups is 3. The van der Waals surface area contributed by atoms with Crippen LogP contribution in [-0.2, 0) is 16.2 Å². The number of hydrazine groups is 1. The molecule has 2 amide bonds. The highest BCUT2D eigenvalue weighted by Gasteiger charge is 2.34.